The van der Waals surface area contributed by atoms with Gasteiger partial charge >= 0.3 is 0 Å². The van der Waals surface area contributed by atoms with Gasteiger partial charge in [-0.25, -0.2) is 0 Å². The van der Waals surface area contributed by atoms with Gasteiger partial charge in [0.1, 0.15) is 0 Å². The molecule has 0 amide bonds. The third kappa shape index (κ3) is 5.99. The lowest BCUT2D eigenvalue weighted by Gasteiger charge is -2.45. The van der Waals surface area contributed by atoms with Crippen molar-refractivity contribution in [1.29, 1.82) is 0 Å². The molecule has 1 saturated heterocycles. The summed E-state index contributed by atoms with van der Waals surface area (Å²) in [6, 6.07) is 0.189. The fourth-order valence-electron chi connectivity index (χ4n) is 3.79. The molecule has 0 aromatic carbocycles. The molecular weight excluding hydrogens is 296 g/mol. The van der Waals surface area contributed by atoms with Crippen molar-refractivity contribution in [1.82, 2.24) is 15.5 Å². The summed E-state index contributed by atoms with van der Waals surface area (Å²) in [5.74, 6) is 0.458. The lowest BCUT2D eigenvalue weighted by Crippen LogP contribution is -2.46. The molecule has 0 aromatic heterocycles. The van der Waals surface area contributed by atoms with Gasteiger partial charge in [0.2, 0.25) is 0 Å². The topological polar surface area (TPSA) is 53.3 Å². The molecule has 2 unspecified atom stereocenters. The zero-order chi connectivity index (χ0) is 18.2. The van der Waals surface area contributed by atoms with Gasteiger partial charge < -0.3 is 21.3 Å². The van der Waals surface area contributed by atoms with Crippen LogP contribution in [-0.2, 0) is 0 Å². The van der Waals surface area contributed by atoms with Crippen LogP contribution in [0.3, 0.4) is 0 Å². The Hall–Kier alpha value is -1.26. The summed E-state index contributed by atoms with van der Waals surface area (Å²) < 4.78 is 0. The van der Waals surface area contributed by atoms with Gasteiger partial charge in [-0.1, -0.05) is 33.6 Å². The van der Waals surface area contributed by atoms with Gasteiger partial charge in [0.05, 0.1) is 0 Å². The van der Waals surface area contributed by atoms with E-state index in [-0.39, 0.29) is 6.04 Å². The second-order valence-corrected chi connectivity index (χ2v) is 7.57. The van der Waals surface area contributed by atoms with Gasteiger partial charge in [0.25, 0.3) is 0 Å². The van der Waals surface area contributed by atoms with Crippen LogP contribution in [0.15, 0.2) is 37.2 Å². The van der Waals surface area contributed by atoms with Gasteiger partial charge in [-0.3, -0.25) is 0 Å². The molecule has 4 N–H and O–H groups in total. The Balaban J connectivity index is 2.71. The third-order valence-electron chi connectivity index (χ3n) is 5.29. The molecular formula is C20H38N4. The monoisotopic (exact) mass is 334 g/mol. The lowest BCUT2D eigenvalue weighted by molar-refractivity contribution is 0.0963. The van der Waals surface area contributed by atoms with Crippen molar-refractivity contribution in [3.8, 4) is 0 Å². The number of hydrogen-bond acceptors (Lipinski definition) is 4. The molecule has 4 nitrogen and oxygen atoms in total. The number of hydrogen-bond donors (Lipinski definition) is 3. The van der Waals surface area contributed by atoms with Gasteiger partial charge in [-0.15, -0.1) is 0 Å². The maximum atomic E-state index is 5.95. The summed E-state index contributed by atoms with van der Waals surface area (Å²) in [5, 5.41) is 6.94. The Kier molecular flexibility index (Phi) is 8.57. The normalized spacial score (nSPS) is 22.4. The van der Waals surface area contributed by atoms with Crippen LogP contribution in [0.1, 0.15) is 39.5 Å². The van der Waals surface area contributed by atoms with E-state index in [0.29, 0.717) is 11.3 Å². The van der Waals surface area contributed by atoms with E-state index < -0.39 is 0 Å². The molecule has 0 spiro atoms. The molecule has 0 bridgehead atoms. The smallest absolute Gasteiger partial charge is 0.0484 e. The zero-order valence-electron chi connectivity index (χ0n) is 16.0. The molecule has 0 radical (unpaired) electrons. The van der Waals surface area contributed by atoms with Crippen LogP contribution in [-0.4, -0.2) is 44.2 Å². The Bertz CT molecular complexity index is 429. The summed E-state index contributed by atoms with van der Waals surface area (Å²) in [6.07, 6.45) is 6.69. The Morgan fingerprint density at radius 2 is 1.96 bits per heavy atom. The highest BCUT2D eigenvalue weighted by Crippen LogP contribution is 2.37. The van der Waals surface area contributed by atoms with Crippen LogP contribution in [0.25, 0.3) is 0 Å². The summed E-state index contributed by atoms with van der Waals surface area (Å²) >= 11 is 0. The van der Waals surface area contributed by atoms with Crippen molar-refractivity contribution < 1.29 is 0 Å². The van der Waals surface area contributed by atoms with E-state index in [9.17, 15) is 0 Å². The van der Waals surface area contributed by atoms with Gasteiger partial charge in [-0.2, -0.15) is 0 Å². The number of nitrogens with zero attached hydrogens (tertiary/aromatic N) is 1. The molecule has 1 rings (SSSR count). The van der Waals surface area contributed by atoms with Crippen molar-refractivity contribution >= 4 is 0 Å². The SMILES string of the molecule is C=CC(=C)N1CCCC(CCNC)(CCNC(C(=C)N)C(C)C)C1. The van der Waals surface area contributed by atoms with E-state index in [2.05, 4.69) is 49.1 Å². The molecule has 24 heavy (non-hydrogen) atoms. The average Bonchev–Trinajstić information content (AvgIpc) is 2.55. The average molecular weight is 335 g/mol. The Morgan fingerprint density at radius 1 is 1.29 bits per heavy atom. The maximum Gasteiger partial charge on any atom is 0.0484 e. The van der Waals surface area contributed by atoms with Crippen LogP contribution in [0.2, 0.25) is 0 Å². The molecule has 0 saturated carbocycles. The van der Waals surface area contributed by atoms with E-state index >= 15 is 0 Å². The third-order valence-corrected chi connectivity index (χ3v) is 5.29. The van der Waals surface area contributed by atoms with Crippen molar-refractivity contribution in [2.24, 2.45) is 17.1 Å². The molecule has 2 atom stereocenters. The summed E-state index contributed by atoms with van der Waals surface area (Å²) in [6.45, 7) is 20.5. The fraction of sp³-hybridized carbons (Fsp3) is 0.700. The van der Waals surface area contributed by atoms with Crippen molar-refractivity contribution in [2.75, 3.05) is 33.2 Å². The standard InChI is InChI=1S/C20H38N4/c1-7-17(4)24-14-8-9-20(15-24,10-12-22-6)11-13-23-19(16(2)3)18(5)21/h7,16,19,22-23H,1,4-5,8-15,21H2,2-3,6H3. The first kappa shape index (κ1) is 20.8. The molecule has 4 heteroatoms. The van der Waals surface area contributed by atoms with Crippen LogP contribution >= 0.6 is 0 Å². The van der Waals surface area contributed by atoms with E-state index in [1.165, 1.54) is 19.3 Å². The number of nitrogens with one attached hydrogen (secondary N) is 2. The summed E-state index contributed by atoms with van der Waals surface area (Å²) in [7, 11) is 2.03. The van der Waals surface area contributed by atoms with E-state index in [4.69, 9.17) is 5.73 Å². The van der Waals surface area contributed by atoms with Gasteiger partial charge in [0, 0.05) is 30.5 Å². The van der Waals surface area contributed by atoms with E-state index in [0.717, 1.165) is 44.0 Å². The quantitative estimate of drug-likeness (QED) is 0.509. The molecule has 0 aliphatic carbocycles. The maximum absolute atomic E-state index is 5.95. The summed E-state index contributed by atoms with van der Waals surface area (Å²) in [5.41, 5.74) is 8.05. The highest BCUT2D eigenvalue weighted by molar-refractivity contribution is 5.12. The number of nitrogens with two attached hydrogens (primary N) is 1. The van der Waals surface area contributed by atoms with Gasteiger partial charge in [0.15, 0.2) is 0 Å². The first-order chi connectivity index (χ1) is 11.3. The highest BCUT2D eigenvalue weighted by atomic mass is 15.1. The van der Waals surface area contributed by atoms with Crippen LogP contribution in [0.4, 0.5) is 0 Å². The van der Waals surface area contributed by atoms with Gasteiger partial charge in [-0.05, 0) is 63.2 Å². The second-order valence-electron chi connectivity index (χ2n) is 7.57. The number of rotatable bonds is 11. The molecule has 1 aliphatic heterocycles. The zero-order valence-corrected chi connectivity index (χ0v) is 16.0. The molecule has 1 aliphatic rings. The largest absolute Gasteiger partial charge is 0.401 e. The van der Waals surface area contributed by atoms with Crippen molar-refractivity contribution in [2.45, 2.75) is 45.6 Å². The van der Waals surface area contributed by atoms with Crippen molar-refractivity contribution in [3.63, 3.8) is 0 Å². The predicted octanol–water partition coefficient (Wildman–Crippen LogP) is 2.85. The van der Waals surface area contributed by atoms with Crippen molar-refractivity contribution in [3.05, 3.63) is 37.2 Å². The fourth-order valence-corrected chi connectivity index (χ4v) is 3.79. The first-order valence-electron chi connectivity index (χ1n) is 9.24. The minimum atomic E-state index is 0.189. The van der Waals surface area contributed by atoms with Crippen LogP contribution in [0, 0.1) is 11.3 Å². The Morgan fingerprint density at radius 3 is 2.50 bits per heavy atom. The first-order valence-corrected chi connectivity index (χ1v) is 9.24. The molecule has 1 fully saturated rings. The number of likely N-dealkylation sites (tertiary alicyclic amines) is 1. The molecule has 138 valence electrons. The minimum Gasteiger partial charge on any atom is -0.401 e. The second kappa shape index (κ2) is 9.90. The van der Waals surface area contributed by atoms with Crippen LogP contribution in [0.5, 0.6) is 0 Å². The minimum absolute atomic E-state index is 0.189. The highest BCUT2D eigenvalue weighted by Gasteiger charge is 2.35. The number of piperidine rings is 1. The molecule has 1 heterocycles. The van der Waals surface area contributed by atoms with E-state index in [1.54, 1.807) is 0 Å². The number of allylic oxidation sites excluding steroid dienone is 1. The Labute approximate surface area is 149 Å². The van der Waals surface area contributed by atoms with E-state index in [1.807, 2.05) is 13.1 Å². The predicted molar refractivity (Wildman–Crippen MR) is 106 cm³/mol. The van der Waals surface area contributed by atoms with Crippen LogP contribution < -0.4 is 16.4 Å². The molecule has 0 aromatic rings. The summed E-state index contributed by atoms with van der Waals surface area (Å²) in [4.78, 5) is 2.40. The lowest BCUT2D eigenvalue weighted by atomic mass is 9.74.